The van der Waals surface area contributed by atoms with Crippen molar-refractivity contribution in [1.29, 1.82) is 0 Å². The van der Waals surface area contributed by atoms with Gasteiger partial charge in [-0.1, -0.05) is 25.3 Å². The lowest BCUT2D eigenvalue weighted by Gasteiger charge is -2.23. The molecule has 1 atom stereocenters. The third-order valence-electron chi connectivity index (χ3n) is 4.73. The van der Waals surface area contributed by atoms with Crippen molar-refractivity contribution in [3.8, 4) is 5.75 Å². The van der Waals surface area contributed by atoms with Crippen LogP contribution in [-0.4, -0.2) is 18.6 Å². The molecule has 0 radical (unpaired) electrons. The van der Waals surface area contributed by atoms with Gasteiger partial charge in [0.2, 0.25) is 0 Å². The minimum absolute atomic E-state index is 0.0101. The first-order valence-corrected chi connectivity index (χ1v) is 8.49. The standard InChI is InChI=1S/C19H29NO2/c1-13-10-14(2)15(3)18(11-13)22-16(4)19(21)20-12-17-8-6-5-7-9-17/h10-11,16-17H,5-9,12H2,1-4H3,(H,20,21). The van der Waals surface area contributed by atoms with Crippen LogP contribution in [0.1, 0.15) is 55.7 Å². The molecule has 1 aliphatic rings. The van der Waals surface area contributed by atoms with E-state index in [2.05, 4.69) is 18.3 Å². The van der Waals surface area contributed by atoms with Crippen LogP contribution in [0, 0.1) is 26.7 Å². The fourth-order valence-electron chi connectivity index (χ4n) is 3.15. The van der Waals surface area contributed by atoms with Gasteiger partial charge in [-0.25, -0.2) is 0 Å². The van der Waals surface area contributed by atoms with E-state index in [9.17, 15) is 4.79 Å². The second-order valence-corrected chi connectivity index (χ2v) is 6.71. The second kappa shape index (κ2) is 7.66. The first-order valence-electron chi connectivity index (χ1n) is 8.49. The summed E-state index contributed by atoms with van der Waals surface area (Å²) in [6, 6.07) is 4.14. The smallest absolute Gasteiger partial charge is 0.260 e. The lowest BCUT2D eigenvalue weighted by Crippen LogP contribution is -2.39. The van der Waals surface area contributed by atoms with Crippen molar-refractivity contribution in [1.82, 2.24) is 5.32 Å². The third-order valence-corrected chi connectivity index (χ3v) is 4.73. The average Bonchev–Trinajstić information content (AvgIpc) is 2.50. The summed E-state index contributed by atoms with van der Waals surface area (Å²) in [5.74, 6) is 1.45. The van der Waals surface area contributed by atoms with Crippen LogP contribution in [0.4, 0.5) is 0 Å². The van der Waals surface area contributed by atoms with Crippen LogP contribution in [0.5, 0.6) is 5.75 Å². The van der Waals surface area contributed by atoms with Gasteiger partial charge in [0.1, 0.15) is 5.75 Å². The summed E-state index contributed by atoms with van der Waals surface area (Å²) in [5, 5.41) is 3.06. The van der Waals surface area contributed by atoms with Crippen molar-refractivity contribution >= 4 is 5.91 Å². The topological polar surface area (TPSA) is 38.3 Å². The zero-order valence-corrected chi connectivity index (χ0v) is 14.4. The molecular weight excluding hydrogens is 274 g/mol. The van der Waals surface area contributed by atoms with E-state index < -0.39 is 6.10 Å². The van der Waals surface area contributed by atoms with Gasteiger partial charge in [-0.2, -0.15) is 0 Å². The zero-order chi connectivity index (χ0) is 16.1. The van der Waals surface area contributed by atoms with Crippen LogP contribution in [0.25, 0.3) is 0 Å². The van der Waals surface area contributed by atoms with E-state index in [0.717, 1.165) is 23.4 Å². The normalized spacial score (nSPS) is 17.1. The van der Waals surface area contributed by atoms with Gasteiger partial charge in [0.05, 0.1) is 0 Å². The second-order valence-electron chi connectivity index (χ2n) is 6.71. The highest BCUT2D eigenvalue weighted by Gasteiger charge is 2.19. The van der Waals surface area contributed by atoms with Crippen LogP contribution < -0.4 is 10.1 Å². The molecule has 22 heavy (non-hydrogen) atoms. The molecule has 0 aromatic heterocycles. The van der Waals surface area contributed by atoms with Gasteiger partial charge in [-0.3, -0.25) is 4.79 Å². The summed E-state index contributed by atoms with van der Waals surface area (Å²) in [5.41, 5.74) is 3.47. The molecular formula is C19H29NO2. The molecule has 1 aliphatic carbocycles. The predicted molar refractivity (Wildman–Crippen MR) is 90.3 cm³/mol. The van der Waals surface area contributed by atoms with Crippen molar-refractivity contribution in [2.45, 2.75) is 65.9 Å². The Morgan fingerprint density at radius 3 is 2.59 bits per heavy atom. The van der Waals surface area contributed by atoms with Gasteiger partial charge >= 0.3 is 0 Å². The summed E-state index contributed by atoms with van der Waals surface area (Å²) >= 11 is 0. The maximum Gasteiger partial charge on any atom is 0.260 e. The molecule has 0 bridgehead atoms. The van der Waals surface area contributed by atoms with Crippen molar-refractivity contribution in [2.24, 2.45) is 5.92 Å². The summed E-state index contributed by atoms with van der Waals surface area (Å²) < 4.78 is 5.90. The fourth-order valence-corrected chi connectivity index (χ4v) is 3.15. The van der Waals surface area contributed by atoms with Gasteiger partial charge in [-0.15, -0.1) is 0 Å². The van der Waals surface area contributed by atoms with Crippen molar-refractivity contribution in [3.63, 3.8) is 0 Å². The fraction of sp³-hybridized carbons (Fsp3) is 0.632. The number of hydrogen-bond acceptors (Lipinski definition) is 2. The molecule has 0 heterocycles. The Bertz CT molecular complexity index is 518. The highest BCUT2D eigenvalue weighted by molar-refractivity contribution is 5.80. The predicted octanol–water partition coefficient (Wildman–Crippen LogP) is 4.08. The maximum atomic E-state index is 12.2. The number of carbonyl (C=O) groups is 1. The molecule has 122 valence electrons. The van der Waals surface area contributed by atoms with Crippen molar-refractivity contribution in [2.75, 3.05) is 6.54 Å². The third kappa shape index (κ3) is 4.49. The zero-order valence-electron chi connectivity index (χ0n) is 14.4. The van der Waals surface area contributed by atoms with E-state index in [4.69, 9.17) is 4.74 Å². The van der Waals surface area contributed by atoms with E-state index in [-0.39, 0.29) is 5.91 Å². The lowest BCUT2D eigenvalue weighted by atomic mass is 9.89. The molecule has 3 heteroatoms. The van der Waals surface area contributed by atoms with E-state index >= 15 is 0 Å². The molecule has 1 fully saturated rings. The Balaban J connectivity index is 1.88. The number of aryl methyl sites for hydroxylation is 2. The van der Waals surface area contributed by atoms with Crippen molar-refractivity contribution < 1.29 is 9.53 Å². The molecule has 1 aromatic rings. The number of amides is 1. The van der Waals surface area contributed by atoms with Crippen LogP contribution in [0.15, 0.2) is 12.1 Å². The maximum absolute atomic E-state index is 12.2. The highest BCUT2D eigenvalue weighted by atomic mass is 16.5. The summed E-state index contributed by atoms with van der Waals surface area (Å²) in [4.78, 5) is 12.2. The number of benzene rings is 1. The van der Waals surface area contributed by atoms with Crippen LogP contribution in [-0.2, 0) is 4.79 Å². The largest absolute Gasteiger partial charge is 0.481 e. The Morgan fingerprint density at radius 1 is 1.23 bits per heavy atom. The molecule has 1 N–H and O–H groups in total. The number of rotatable bonds is 5. The Kier molecular flexibility index (Phi) is 5.87. The van der Waals surface area contributed by atoms with Gasteiger partial charge in [0.25, 0.3) is 5.91 Å². The molecule has 1 aromatic carbocycles. The van der Waals surface area contributed by atoms with Gasteiger partial charge < -0.3 is 10.1 Å². The molecule has 1 unspecified atom stereocenters. The Morgan fingerprint density at radius 2 is 1.91 bits per heavy atom. The SMILES string of the molecule is Cc1cc(C)c(C)c(OC(C)C(=O)NCC2CCCCC2)c1. The van der Waals surface area contributed by atoms with E-state index in [1.165, 1.54) is 37.7 Å². The minimum Gasteiger partial charge on any atom is -0.481 e. The van der Waals surface area contributed by atoms with E-state index in [1.54, 1.807) is 0 Å². The first-order chi connectivity index (χ1) is 10.5. The highest BCUT2D eigenvalue weighted by Crippen LogP contribution is 2.25. The molecule has 2 rings (SSSR count). The van der Waals surface area contributed by atoms with Crippen LogP contribution in [0.3, 0.4) is 0 Å². The van der Waals surface area contributed by atoms with Gasteiger partial charge in [0.15, 0.2) is 6.10 Å². The molecule has 3 nitrogen and oxygen atoms in total. The summed E-state index contributed by atoms with van der Waals surface area (Å²) in [7, 11) is 0. The van der Waals surface area contributed by atoms with Crippen LogP contribution in [0.2, 0.25) is 0 Å². The average molecular weight is 303 g/mol. The number of nitrogens with one attached hydrogen (secondary N) is 1. The molecule has 0 saturated heterocycles. The number of ether oxygens (including phenoxy) is 1. The van der Waals surface area contributed by atoms with Crippen molar-refractivity contribution in [3.05, 3.63) is 28.8 Å². The molecule has 1 amide bonds. The summed E-state index contributed by atoms with van der Waals surface area (Å²) in [6.45, 7) is 8.78. The molecule has 0 spiro atoms. The molecule has 1 saturated carbocycles. The van der Waals surface area contributed by atoms with Gasteiger partial charge in [0, 0.05) is 6.54 Å². The Labute approximate surface area is 134 Å². The first kappa shape index (κ1) is 16.9. The number of hydrogen-bond donors (Lipinski definition) is 1. The monoisotopic (exact) mass is 303 g/mol. The Hall–Kier alpha value is -1.51. The van der Waals surface area contributed by atoms with Crippen LogP contribution >= 0.6 is 0 Å². The van der Waals surface area contributed by atoms with E-state index in [0.29, 0.717) is 5.92 Å². The summed E-state index contributed by atoms with van der Waals surface area (Å²) in [6.07, 6.45) is 5.97. The van der Waals surface area contributed by atoms with E-state index in [1.807, 2.05) is 26.8 Å². The molecule has 0 aliphatic heterocycles. The quantitative estimate of drug-likeness (QED) is 0.890. The number of carbonyl (C=O) groups excluding carboxylic acids is 1. The minimum atomic E-state index is -0.455. The lowest BCUT2D eigenvalue weighted by molar-refractivity contribution is -0.127. The van der Waals surface area contributed by atoms with Gasteiger partial charge in [-0.05, 0) is 69.2 Å².